The normalized spacial score (nSPS) is 19.2. The van der Waals surface area contributed by atoms with Crippen LogP contribution in [0.15, 0.2) is 56.8 Å². The Morgan fingerprint density at radius 1 is 1.04 bits per heavy atom. The Kier molecular flexibility index (Phi) is 5.55. The Bertz CT molecular complexity index is 1050. The third kappa shape index (κ3) is 4.09. The van der Waals surface area contributed by atoms with Gasteiger partial charge in [-0.2, -0.15) is 0 Å². The third-order valence-corrected chi connectivity index (χ3v) is 5.39. The van der Waals surface area contributed by atoms with Crippen LogP contribution >= 0.6 is 0 Å². The molecule has 0 fully saturated rings. The molecule has 28 heavy (non-hydrogen) atoms. The van der Waals surface area contributed by atoms with Crippen molar-refractivity contribution in [2.75, 3.05) is 0 Å². The number of rotatable bonds is 4. The second-order valence-electron chi connectivity index (χ2n) is 8.16. The lowest BCUT2D eigenvalue weighted by Crippen LogP contribution is -2.26. The number of carbonyl (C=O) groups excluding carboxylic acids is 1. The summed E-state index contributed by atoms with van der Waals surface area (Å²) in [5.41, 5.74) is 5.98. The lowest BCUT2D eigenvalue weighted by atomic mass is 9.75. The summed E-state index contributed by atoms with van der Waals surface area (Å²) >= 11 is 0. The average Bonchev–Trinajstić information content (AvgIpc) is 2.51. The molecule has 1 aliphatic rings. The van der Waals surface area contributed by atoms with Gasteiger partial charge in [0.05, 0.1) is 0 Å². The van der Waals surface area contributed by atoms with Crippen molar-refractivity contribution in [2.24, 2.45) is 11.8 Å². The van der Waals surface area contributed by atoms with E-state index in [4.69, 9.17) is 4.42 Å². The van der Waals surface area contributed by atoms with Crippen LogP contribution in [0, 0.1) is 32.6 Å². The molecule has 1 aromatic carbocycles. The van der Waals surface area contributed by atoms with Crippen LogP contribution in [0.25, 0.3) is 0 Å². The molecule has 0 saturated carbocycles. The molecule has 0 amide bonds. The van der Waals surface area contributed by atoms with E-state index in [1.54, 1.807) is 6.92 Å². The van der Waals surface area contributed by atoms with Crippen molar-refractivity contribution in [1.82, 2.24) is 0 Å². The molecule has 2 aromatic rings. The molecule has 3 nitrogen and oxygen atoms in total. The van der Waals surface area contributed by atoms with Crippen LogP contribution in [-0.4, -0.2) is 5.78 Å². The van der Waals surface area contributed by atoms with E-state index >= 15 is 0 Å². The Hall–Kier alpha value is -2.68. The maximum Gasteiger partial charge on any atom is 0.185 e. The van der Waals surface area contributed by atoms with Crippen molar-refractivity contribution in [3.63, 3.8) is 0 Å². The van der Waals surface area contributed by atoms with Crippen LogP contribution in [-0.2, 0) is 6.42 Å². The summed E-state index contributed by atoms with van der Waals surface area (Å²) in [4.78, 5) is 25.5. The van der Waals surface area contributed by atoms with Crippen LogP contribution < -0.4 is 5.43 Å². The van der Waals surface area contributed by atoms with E-state index in [-0.39, 0.29) is 23.0 Å². The highest BCUT2D eigenvalue weighted by molar-refractivity contribution is 6.02. The van der Waals surface area contributed by atoms with Crippen molar-refractivity contribution in [1.29, 1.82) is 0 Å². The molecule has 0 aliphatic heterocycles. The minimum Gasteiger partial charge on any atom is -0.466 e. The highest BCUT2D eigenvalue weighted by Crippen LogP contribution is 2.34. The molecule has 1 unspecified atom stereocenters. The first-order chi connectivity index (χ1) is 13.2. The van der Waals surface area contributed by atoms with Crippen LogP contribution in [0.3, 0.4) is 0 Å². The number of allylic oxidation sites excluding steroid dienone is 4. The van der Waals surface area contributed by atoms with E-state index in [0.29, 0.717) is 17.9 Å². The fraction of sp³-hybridized carbons (Fsp3) is 0.360. The lowest BCUT2D eigenvalue weighted by molar-refractivity contribution is 0.0917. The number of Topliss-reactive ketones (excluding diaryl/α,β-unsaturated/α-hetero) is 1. The van der Waals surface area contributed by atoms with Gasteiger partial charge in [0.2, 0.25) is 0 Å². The van der Waals surface area contributed by atoms with E-state index in [1.165, 1.54) is 17.7 Å². The number of hydrogen-bond acceptors (Lipinski definition) is 3. The summed E-state index contributed by atoms with van der Waals surface area (Å²) in [5, 5.41) is 0. The summed E-state index contributed by atoms with van der Waals surface area (Å²) in [6, 6.07) is 7.08. The Labute approximate surface area is 166 Å². The minimum absolute atomic E-state index is 0.0729. The Balaban J connectivity index is 2.07. The predicted octanol–water partition coefficient (Wildman–Crippen LogP) is 5.50. The SMILES string of the molecule is CC1=C[C@@H](C)C(C(=O)c2c(C)cc(C)cc2Cc2cc(=O)cc(C)o2)C(C)=C1. The van der Waals surface area contributed by atoms with Gasteiger partial charge in [-0.1, -0.05) is 47.9 Å². The molecule has 0 bridgehead atoms. The van der Waals surface area contributed by atoms with Gasteiger partial charge >= 0.3 is 0 Å². The summed E-state index contributed by atoms with van der Waals surface area (Å²) in [6.07, 6.45) is 4.70. The summed E-state index contributed by atoms with van der Waals surface area (Å²) in [7, 11) is 0. The van der Waals surface area contributed by atoms with Gasteiger partial charge in [0, 0.05) is 30.0 Å². The van der Waals surface area contributed by atoms with Crippen molar-refractivity contribution >= 4 is 5.78 Å². The first-order valence-electron chi connectivity index (χ1n) is 9.77. The number of ketones is 1. The topological polar surface area (TPSA) is 47.3 Å². The molecule has 2 atom stereocenters. The summed E-state index contributed by atoms with van der Waals surface area (Å²) in [5.74, 6) is 1.31. The van der Waals surface area contributed by atoms with Gasteiger partial charge in [-0.15, -0.1) is 0 Å². The van der Waals surface area contributed by atoms with Crippen molar-refractivity contribution in [2.45, 2.75) is 48.0 Å². The monoisotopic (exact) mass is 376 g/mol. The fourth-order valence-corrected chi connectivity index (χ4v) is 4.51. The molecule has 0 spiro atoms. The van der Waals surface area contributed by atoms with Gasteiger partial charge in [0.1, 0.15) is 11.5 Å². The van der Waals surface area contributed by atoms with Crippen LogP contribution in [0.5, 0.6) is 0 Å². The zero-order valence-electron chi connectivity index (χ0n) is 17.6. The zero-order chi connectivity index (χ0) is 20.6. The molecule has 0 radical (unpaired) electrons. The molecule has 0 N–H and O–H groups in total. The van der Waals surface area contributed by atoms with Crippen LogP contribution in [0.4, 0.5) is 0 Å². The van der Waals surface area contributed by atoms with E-state index < -0.39 is 0 Å². The summed E-state index contributed by atoms with van der Waals surface area (Å²) < 4.78 is 5.75. The fourth-order valence-electron chi connectivity index (χ4n) is 4.51. The molecule has 1 aliphatic carbocycles. The van der Waals surface area contributed by atoms with E-state index in [0.717, 1.165) is 27.8 Å². The van der Waals surface area contributed by atoms with Crippen molar-refractivity contribution in [3.8, 4) is 0 Å². The molecular formula is C25H28O3. The minimum atomic E-state index is -0.159. The molecule has 3 heteroatoms. The number of benzene rings is 1. The maximum absolute atomic E-state index is 13.6. The standard InChI is InChI=1S/C25H28O3/c1-14-7-16(3)23(17(4)8-14)25(27)24-18(5)9-15(2)10-20(24)12-22-13-21(26)11-19(6)28-22/h7-11,13,16,23H,12H2,1-6H3/t16-,23?/m1/s1. The van der Waals surface area contributed by atoms with Gasteiger partial charge in [-0.05, 0) is 51.7 Å². The first-order valence-corrected chi connectivity index (χ1v) is 9.77. The van der Waals surface area contributed by atoms with Crippen LogP contribution in [0.1, 0.15) is 59.3 Å². The highest BCUT2D eigenvalue weighted by atomic mass is 16.3. The number of aryl methyl sites for hydroxylation is 3. The van der Waals surface area contributed by atoms with Crippen LogP contribution in [0.2, 0.25) is 0 Å². The quantitative estimate of drug-likeness (QED) is 0.662. The van der Waals surface area contributed by atoms with Gasteiger partial charge in [0.15, 0.2) is 11.2 Å². The second kappa shape index (κ2) is 7.75. The number of carbonyl (C=O) groups is 1. The van der Waals surface area contributed by atoms with Crippen molar-refractivity contribution < 1.29 is 9.21 Å². The van der Waals surface area contributed by atoms with E-state index in [9.17, 15) is 9.59 Å². The van der Waals surface area contributed by atoms with E-state index in [2.05, 4.69) is 32.1 Å². The second-order valence-corrected chi connectivity index (χ2v) is 8.16. The number of hydrogen-bond donors (Lipinski definition) is 0. The summed E-state index contributed by atoms with van der Waals surface area (Å²) in [6.45, 7) is 12.0. The lowest BCUT2D eigenvalue weighted by Gasteiger charge is -2.27. The van der Waals surface area contributed by atoms with Crippen molar-refractivity contribution in [3.05, 3.63) is 91.6 Å². The molecule has 3 rings (SSSR count). The molecule has 0 saturated heterocycles. The Morgan fingerprint density at radius 2 is 1.75 bits per heavy atom. The van der Waals surface area contributed by atoms with E-state index in [1.807, 2.05) is 26.8 Å². The van der Waals surface area contributed by atoms with Gasteiger partial charge in [0.25, 0.3) is 0 Å². The maximum atomic E-state index is 13.6. The molecular weight excluding hydrogens is 348 g/mol. The Morgan fingerprint density at radius 3 is 2.39 bits per heavy atom. The molecule has 146 valence electrons. The third-order valence-electron chi connectivity index (χ3n) is 5.39. The van der Waals surface area contributed by atoms with Gasteiger partial charge in [-0.3, -0.25) is 9.59 Å². The smallest absolute Gasteiger partial charge is 0.185 e. The first kappa shape index (κ1) is 20.1. The van der Waals surface area contributed by atoms with Gasteiger partial charge in [-0.25, -0.2) is 0 Å². The molecule has 1 aromatic heterocycles. The largest absolute Gasteiger partial charge is 0.466 e. The predicted molar refractivity (Wildman–Crippen MR) is 113 cm³/mol. The zero-order valence-corrected chi connectivity index (χ0v) is 17.6. The highest BCUT2D eigenvalue weighted by Gasteiger charge is 2.31. The van der Waals surface area contributed by atoms with Gasteiger partial charge < -0.3 is 4.42 Å². The molecule has 1 heterocycles. The average molecular weight is 376 g/mol.